The Morgan fingerprint density at radius 3 is 2.59 bits per heavy atom. The number of ether oxygens (including phenoxy) is 1. The second-order valence-corrected chi connectivity index (χ2v) is 4.92. The van der Waals surface area contributed by atoms with E-state index in [0.717, 1.165) is 6.08 Å². The monoisotopic (exact) mass is 383 g/mol. The molecule has 0 aliphatic rings. The molecule has 0 spiro atoms. The Morgan fingerprint density at radius 1 is 1.32 bits per heavy atom. The summed E-state index contributed by atoms with van der Waals surface area (Å²) in [4.78, 5) is 22.5. The first kappa shape index (κ1) is 18.1. The minimum absolute atomic E-state index is 0.432. The molecule has 0 saturated carbocycles. The van der Waals surface area contributed by atoms with Gasteiger partial charge in [-0.3, -0.25) is 4.79 Å². The Kier molecular flexibility index (Phi) is 6.54. The summed E-state index contributed by atoms with van der Waals surface area (Å²) in [6, 6.07) is 6.56. The van der Waals surface area contributed by atoms with Crippen molar-refractivity contribution in [3.05, 3.63) is 40.9 Å². The van der Waals surface area contributed by atoms with E-state index < -0.39 is 30.8 Å². The van der Waals surface area contributed by atoms with Crippen molar-refractivity contribution in [2.75, 3.05) is 11.9 Å². The van der Waals surface area contributed by atoms with Gasteiger partial charge in [-0.05, 0) is 18.2 Å². The summed E-state index contributed by atoms with van der Waals surface area (Å²) in [6.45, 7) is -1.76. The molecule has 1 aromatic carbocycles. The fourth-order valence-corrected chi connectivity index (χ4v) is 1.57. The van der Waals surface area contributed by atoms with E-state index in [1.54, 1.807) is 24.3 Å². The van der Waals surface area contributed by atoms with Crippen LogP contribution in [-0.2, 0) is 14.3 Å². The lowest BCUT2D eigenvalue weighted by Gasteiger charge is -2.13. The minimum Gasteiger partial charge on any atom is -0.456 e. The fourth-order valence-electron chi connectivity index (χ4n) is 1.17. The van der Waals surface area contributed by atoms with Crippen LogP contribution in [0.2, 0.25) is 0 Å². The van der Waals surface area contributed by atoms with Gasteiger partial charge in [-0.25, -0.2) is 13.6 Å². The van der Waals surface area contributed by atoms with Crippen LogP contribution < -0.4 is 5.32 Å². The number of carbonyl (C=O) groups is 2. The predicted molar refractivity (Wildman–Crippen MR) is 73.8 cm³/mol. The van der Waals surface area contributed by atoms with Gasteiger partial charge in [-0.15, -0.1) is 0 Å². The molecule has 0 atom stereocenters. The number of anilines is 1. The minimum atomic E-state index is -4.43. The van der Waals surface area contributed by atoms with Gasteiger partial charge in [0.1, 0.15) is 0 Å². The van der Waals surface area contributed by atoms with Gasteiger partial charge in [0.15, 0.2) is 6.61 Å². The van der Waals surface area contributed by atoms with Crippen LogP contribution in [0.3, 0.4) is 0 Å². The molecule has 22 heavy (non-hydrogen) atoms. The highest BCUT2D eigenvalue weighted by Gasteiger charge is 2.42. The molecular weight excluding hydrogens is 374 g/mol. The third-order valence-electron chi connectivity index (χ3n) is 2.19. The van der Waals surface area contributed by atoms with Crippen LogP contribution in [0.15, 0.2) is 40.9 Å². The van der Waals surface area contributed by atoms with E-state index in [2.05, 4.69) is 26.0 Å². The van der Waals surface area contributed by atoms with Crippen LogP contribution in [-0.4, -0.2) is 30.8 Å². The Hall–Kier alpha value is -1.90. The second kappa shape index (κ2) is 7.92. The molecule has 0 aliphatic heterocycles. The molecular formula is C13H10BrF4NO3. The lowest BCUT2D eigenvalue weighted by molar-refractivity contribution is -0.176. The second-order valence-electron chi connectivity index (χ2n) is 4.00. The third kappa shape index (κ3) is 6.25. The Bertz CT molecular complexity index is 578. The molecule has 1 aromatic rings. The first-order valence-electron chi connectivity index (χ1n) is 5.78. The average Bonchev–Trinajstić information content (AvgIpc) is 2.43. The molecule has 0 bridgehead atoms. The van der Waals surface area contributed by atoms with E-state index in [-0.39, 0.29) is 0 Å². The van der Waals surface area contributed by atoms with Crippen molar-refractivity contribution in [1.29, 1.82) is 0 Å². The highest BCUT2D eigenvalue weighted by molar-refractivity contribution is 9.10. The van der Waals surface area contributed by atoms with Gasteiger partial charge in [-0.2, -0.15) is 8.78 Å². The molecule has 4 nitrogen and oxygen atoms in total. The van der Waals surface area contributed by atoms with Gasteiger partial charge in [0, 0.05) is 22.3 Å². The first-order chi connectivity index (χ1) is 10.2. The molecule has 120 valence electrons. The van der Waals surface area contributed by atoms with Crippen LogP contribution in [0.1, 0.15) is 0 Å². The summed E-state index contributed by atoms with van der Waals surface area (Å²) in [5.74, 6) is -6.47. The maximum atomic E-state index is 12.5. The summed E-state index contributed by atoms with van der Waals surface area (Å²) >= 11 is 3.19. The SMILES string of the molecule is O=C(C=CC(=O)OCC(F)(F)C(F)F)Nc1cccc(Br)c1. The lowest BCUT2D eigenvalue weighted by Crippen LogP contribution is -2.33. The molecule has 0 radical (unpaired) electrons. The van der Waals surface area contributed by atoms with Gasteiger partial charge in [0.2, 0.25) is 5.91 Å². The normalized spacial score (nSPS) is 11.7. The number of nitrogens with one attached hydrogen (secondary N) is 1. The molecule has 1 amide bonds. The first-order valence-corrected chi connectivity index (χ1v) is 6.57. The van der Waals surface area contributed by atoms with E-state index in [1.807, 2.05) is 0 Å². The zero-order valence-corrected chi connectivity index (χ0v) is 12.4. The summed E-state index contributed by atoms with van der Waals surface area (Å²) in [5.41, 5.74) is 0.432. The van der Waals surface area contributed by atoms with Crippen molar-refractivity contribution in [3.8, 4) is 0 Å². The molecule has 0 unspecified atom stereocenters. The van der Waals surface area contributed by atoms with Crippen LogP contribution in [0.4, 0.5) is 23.2 Å². The standard InChI is InChI=1S/C13H10BrF4NO3/c14-8-2-1-3-9(6-8)19-10(20)4-5-11(21)22-7-13(17,18)12(15)16/h1-6,12H,7H2,(H,19,20). The van der Waals surface area contributed by atoms with Gasteiger partial charge >= 0.3 is 18.3 Å². The smallest absolute Gasteiger partial charge is 0.340 e. The number of alkyl halides is 4. The third-order valence-corrected chi connectivity index (χ3v) is 2.68. The van der Waals surface area contributed by atoms with Crippen molar-refractivity contribution in [2.45, 2.75) is 12.3 Å². The molecule has 0 aliphatic carbocycles. The average molecular weight is 384 g/mol. The van der Waals surface area contributed by atoms with Crippen LogP contribution in [0.5, 0.6) is 0 Å². The molecule has 0 fully saturated rings. The zero-order valence-electron chi connectivity index (χ0n) is 10.9. The van der Waals surface area contributed by atoms with E-state index >= 15 is 0 Å². The van der Waals surface area contributed by atoms with E-state index in [4.69, 9.17) is 0 Å². The zero-order chi connectivity index (χ0) is 16.8. The van der Waals surface area contributed by atoms with E-state index in [0.29, 0.717) is 16.2 Å². The van der Waals surface area contributed by atoms with Gasteiger partial charge in [0.05, 0.1) is 0 Å². The molecule has 0 aromatic heterocycles. The lowest BCUT2D eigenvalue weighted by atomic mass is 10.3. The summed E-state index contributed by atoms with van der Waals surface area (Å²) in [6.07, 6.45) is -2.64. The van der Waals surface area contributed by atoms with Gasteiger partial charge < -0.3 is 10.1 Å². The molecule has 1 N–H and O–H groups in total. The Balaban J connectivity index is 2.47. The van der Waals surface area contributed by atoms with E-state index in [9.17, 15) is 27.2 Å². The number of hydrogen-bond acceptors (Lipinski definition) is 3. The Labute approximate surface area is 131 Å². The topological polar surface area (TPSA) is 55.4 Å². The van der Waals surface area contributed by atoms with Crippen LogP contribution in [0, 0.1) is 0 Å². The predicted octanol–water partition coefficient (Wildman–Crippen LogP) is 3.39. The van der Waals surface area contributed by atoms with Crippen molar-refractivity contribution in [1.82, 2.24) is 0 Å². The molecule has 1 rings (SSSR count). The number of benzene rings is 1. The number of halogens is 5. The van der Waals surface area contributed by atoms with Gasteiger partial charge in [-0.1, -0.05) is 22.0 Å². The summed E-state index contributed by atoms with van der Waals surface area (Å²) in [7, 11) is 0. The number of carbonyl (C=O) groups excluding carboxylic acids is 2. The highest BCUT2D eigenvalue weighted by Crippen LogP contribution is 2.22. The maximum absolute atomic E-state index is 12.5. The quantitative estimate of drug-likeness (QED) is 0.465. The summed E-state index contributed by atoms with van der Waals surface area (Å²) < 4.78 is 53.3. The fraction of sp³-hybridized carbons (Fsp3) is 0.231. The van der Waals surface area contributed by atoms with E-state index in [1.165, 1.54) is 0 Å². The van der Waals surface area contributed by atoms with Crippen LogP contribution >= 0.6 is 15.9 Å². The molecule has 0 heterocycles. The van der Waals surface area contributed by atoms with Crippen LogP contribution in [0.25, 0.3) is 0 Å². The highest BCUT2D eigenvalue weighted by atomic mass is 79.9. The Morgan fingerprint density at radius 2 is 2.00 bits per heavy atom. The molecule has 9 heteroatoms. The number of amides is 1. The number of esters is 1. The summed E-state index contributed by atoms with van der Waals surface area (Å²) in [5, 5.41) is 2.40. The largest absolute Gasteiger partial charge is 0.456 e. The molecule has 0 saturated heterocycles. The van der Waals surface area contributed by atoms with Crippen molar-refractivity contribution < 1.29 is 31.9 Å². The number of rotatable bonds is 6. The maximum Gasteiger partial charge on any atom is 0.340 e. The number of hydrogen-bond donors (Lipinski definition) is 1. The van der Waals surface area contributed by atoms with Crippen molar-refractivity contribution in [2.24, 2.45) is 0 Å². The van der Waals surface area contributed by atoms with Crippen molar-refractivity contribution >= 4 is 33.5 Å². The van der Waals surface area contributed by atoms with Crippen molar-refractivity contribution in [3.63, 3.8) is 0 Å². The van der Waals surface area contributed by atoms with Gasteiger partial charge in [0.25, 0.3) is 0 Å².